The van der Waals surface area contributed by atoms with Crippen LogP contribution >= 0.6 is 0 Å². The molecule has 0 unspecified atom stereocenters. The number of hydrogen-bond acceptors (Lipinski definition) is 6. The maximum absolute atomic E-state index is 12.3. The number of aromatic nitrogens is 4. The molecule has 2 aromatic heterocycles. The average molecular weight is 352 g/mol. The molecule has 0 aliphatic rings. The van der Waals surface area contributed by atoms with E-state index < -0.39 is 10.8 Å². The zero-order valence-electron chi connectivity index (χ0n) is 14.4. The third-order valence-electron chi connectivity index (χ3n) is 4.08. The standard InChI is InChI=1S/C17H16N6O3/c1-10-11(2)21-22(12(10)3)17-18-8-13(9-19-17)20-16(24)14-6-4-5-7-15(14)23(25)26/h4-9H,1-3H3,(H,20,24). The number of hydrogen-bond donors (Lipinski definition) is 1. The van der Waals surface area contributed by atoms with Crippen LogP contribution < -0.4 is 5.32 Å². The first-order valence-electron chi connectivity index (χ1n) is 7.78. The number of carbonyl (C=O) groups excluding carboxylic acids is 1. The lowest BCUT2D eigenvalue weighted by molar-refractivity contribution is -0.385. The highest BCUT2D eigenvalue weighted by molar-refractivity contribution is 6.06. The molecule has 1 amide bonds. The Kier molecular flexibility index (Phi) is 4.44. The molecular formula is C17H16N6O3. The summed E-state index contributed by atoms with van der Waals surface area (Å²) in [5.41, 5.74) is 2.91. The number of nitrogens with one attached hydrogen (secondary N) is 1. The maximum Gasteiger partial charge on any atom is 0.282 e. The number of amides is 1. The number of para-hydroxylation sites is 1. The minimum atomic E-state index is -0.601. The van der Waals surface area contributed by atoms with Gasteiger partial charge in [0.1, 0.15) is 5.56 Å². The Balaban J connectivity index is 1.83. The Bertz CT molecular complexity index is 994. The van der Waals surface area contributed by atoms with Crippen molar-refractivity contribution >= 4 is 17.3 Å². The van der Waals surface area contributed by atoms with Crippen molar-refractivity contribution in [1.82, 2.24) is 19.7 Å². The molecule has 3 rings (SSSR count). The number of nitro groups is 1. The lowest BCUT2D eigenvalue weighted by Gasteiger charge is -2.07. The molecule has 26 heavy (non-hydrogen) atoms. The molecule has 9 nitrogen and oxygen atoms in total. The fraction of sp³-hybridized carbons (Fsp3) is 0.176. The van der Waals surface area contributed by atoms with Crippen LogP contribution in [0.4, 0.5) is 11.4 Å². The van der Waals surface area contributed by atoms with E-state index in [1.54, 1.807) is 10.7 Å². The van der Waals surface area contributed by atoms with Crippen molar-refractivity contribution < 1.29 is 9.72 Å². The number of carbonyl (C=O) groups is 1. The normalized spacial score (nSPS) is 10.6. The topological polar surface area (TPSA) is 116 Å². The lowest BCUT2D eigenvalue weighted by atomic mass is 10.1. The van der Waals surface area contributed by atoms with E-state index in [1.165, 1.54) is 30.6 Å². The Hall–Kier alpha value is -3.62. The predicted molar refractivity (Wildman–Crippen MR) is 94.4 cm³/mol. The van der Waals surface area contributed by atoms with Crippen LogP contribution in [0.2, 0.25) is 0 Å². The van der Waals surface area contributed by atoms with E-state index in [2.05, 4.69) is 20.4 Å². The van der Waals surface area contributed by atoms with Crippen LogP contribution in [0, 0.1) is 30.9 Å². The molecule has 9 heteroatoms. The highest BCUT2D eigenvalue weighted by Gasteiger charge is 2.19. The van der Waals surface area contributed by atoms with Gasteiger partial charge in [0.2, 0.25) is 0 Å². The fourth-order valence-corrected chi connectivity index (χ4v) is 2.43. The zero-order valence-corrected chi connectivity index (χ0v) is 14.4. The Labute approximate surface area is 148 Å². The number of rotatable bonds is 4. The van der Waals surface area contributed by atoms with E-state index in [9.17, 15) is 14.9 Å². The van der Waals surface area contributed by atoms with Crippen molar-refractivity contribution in [3.8, 4) is 5.95 Å². The average Bonchev–Trinajstić information content (AvgIpc) is 2.89. The molecule has 0 fully saturated rings. The van der Waals surface area contributed by atoms with Gasteiger partial charge in [-0.25, -0.2) is 14.6 Å². The molecule has 1 N–H and O–H groups in total. The van der Waals surface area contributed by atoms with Gasteiger partial charge < -0.3 is 5.32 Å². The van der Waals surface area contributed by atoms with E-state index in [0.29, 0.717) is 11.6 Å². The molecule has 3 aromatic rings. The summed E-state index contributed by atoms with van der Waals surface area (Å²) < 4.78 is 1.62. The third kappa shape index (κ3) is 3.14. The predicted octanol–water partition coefficient (Wildman–Crippen LogP) is 2.75. The summed E-state index contributed by atoms with van der Waals surface area (Å²) in [6, 6.07) is 5.73. The number of aryl methyl sites for hydroxylation is 1. The van der Waals surface area contributed by atoms with Gasteiger partial charge in [-0.05, 0) is 32.4 Å². The molecule has 1 aromatic carbocycles. The number of anilines is 1. The molecule has 0 radical (unpaired) electrons. The van der Waals surface area contributed by atoms with E-state index in [-0.39, 0.29) is 11.3 Å². The monoisotopic (exact) mass is 352 g/mol. The van der Waals surface area contributed by atoms with Crippen LogP contribution in [-0.4, -0.2) is 30.6 Å². The third-order valence-corrected chi connectivity index (χ3v) is 4.08. The highest BCUT2D eigenvalue weighted by Crippen LogP contribution is 2.19. The fourth-order valence-electron chi connectivity index (χ4n) is 2.43. The van der Waals surface area contributed by atoms with E-state index in [0.717, 1.165) is 17.0 Å². The first-order chi connectivity index (χ1) is 12.4. The lowest BCUT2D eigenvalue weighted by Crippen LogP contribution is -2.15. The van der Waals surface area contributed by atoms with Gasteiger partial charge >= 0.3 is 0 Å². The van der Waals surface area contributed by atoms with Crippen molar-refractivity contribution in [2.24, 2.45) is 0 Å². The second-order valence-electron chi connectivity index (χ2n) is 5.71. The van der Waals surface area contributed by atoms with Gasteiger partial charge in [-0.15, -0.1) is 0 Å². The molecular weight excluding hydrogens is 336 g/mol. The summed E-state index contributed by atoms with van der Waals surface area (Å²) in [5.74, 6) is -0.224. The highest BCUT2D eigenvalue weighted by atomic mass is 16.6. The van der Waals surface area contributed by atoms with Crippen LogP contribution in [0.15, 0.2) is 36.7 Å². The Morgan fingerprint density at radius 2 is 1.81 bits per heavy atom. The summed E-state index contributed by atoms with van der Waals surface area (Å²) in [6.07, 6.45) is 2.86. The van der Waals surface area contributed by atoms with Gasteiger partial charge in [0.15, 0.2) is 0 Å². The molecule has 0 atom stereocenters. The molecule has 0 aliphatic carbocycles. The largest absolute Gasteiger partial charge is 0.319 e. The summed E-state index contributed by atoms with van der Waals surface area (Å²) in [6.45, 7) is 5.79. The Morgan fingerprint density at radius 1 is 1.15 bits per heavy atom. The van der Waals surface area contributed by atoms with Crippen LogP contribution in [0.25, 0.3) is 5.95 Å². The second-order valence-corrected chi connectivity index (χ2v) is 5.71. The van der Waals surface area contributed by atoms with Gasteiger partial charge in [0.25, 0.3) is 17.5 Å². The molecule has 0 aliphatic heterocycles. The summed E-state index contributed by atoms with van der Waals surface area (Å²) in [5, 5.41) is 18.0. The first kappa shape index (κ1) is 17.2. The summed E-state index contributed by atoms with van der Waals surface area (Å²) in [7, 11) is 0. The summed E-state index contributed by atoms with van der Waals surface area (Å²) >= 11 is 0. The van der Waals surface area contributed by atoms with Gasteiger partial charge in [-0.3, -0.25) is 14.9 Å². The van der Waals surface area contributed by atoms with Crippen molar-refractivity contribution in [2.75, 3.05) is 5.32 Å². The molecule has 2 heterocycles. The second kappa shape index (κ2) is 6.71. The van der Waals surface area contributed by atoms with Crippen LogP contribution in [-0.2, 0) is 0 Å². The number of nitro benzene ring substituents is 1. The molecule has 0 spiro atoms. The summed E-state index contributed by atoms with van der Waals surface area (Å²) in [4.78, 5) is 31.2. The minimum absolute atomic E-state index is 0.0317. The number of benzene rings is 1. The maximum atomic E-state index is 12.3. The zero-order chi connectivity index (χ0) is 18.8. The molecule has 0 saturated carbocycles. The van der Waals surface area contributed by atoms with Gasteiger partial charge in [0, 0.05) is 11.8 Å². The van der Waals surface area contributed by atoms with Crippen LogP contribution in [0.1, 0.15) is 27.3 Å². The van der Waals surface area contributed by atoms with E-state index >= 15 is 0 Å². The van der Waals surface area contributed by atoms with Crippen LogP contribution in [0.5, 0.6) is 0 Å². The van der Waals surface area contributed by atoms with Gasteiger partial charge in [-0.1, -0.05) is 12.1 Å². The van der Waals surface area contributed by atoms with Gasteiger partial charge in [0.05, 0.1) is 28.7 Å². The van der Waals surface area contributed by atoms with Crippen molar-refractivity contribution in [3.63, 3.8) is 0 Å². The minimum Gasteiger partial charge on any atom is -0.319 e. The first-order valence-corrected chi connectivity index (χ1v) is 7.78. The quantitative estimate of drug-likeness (QED) is 0.570. The smallest absolute Gasteiger partial charge is 0.282 e. The van der Waals surface area contributed by atoms with Crippen molar-refractivity contribution in [3.05, 3.63) is 69.3 Å². The van der Waals surface area contributed by atoms with Crippen LogP contribution in [0.3, 0.4) is 0 Å². The van der Waals surface area contributed by atoms with Crippen molar-refractivity contribution in [1.29, 1.82) is 0 Å². The Morgan fingerprint density at radius 3 is 2.38 bits per heavy atom. The van der Waals surface area contributed by atoms with E-state index in [4.69, 9.17) is 0 Å². The van der Waals surface area contributed by atoms with E-state index in [1.807, 2.05) is 20.8 Å². The molecule has 132 valence electrons. The number of nitrogens with zero attached hydrogens (tertiary/aromatic N) is 5. The molecule has 0 saturated heterocycles. The SMILES string of the molecule is Cc1nn(-c2ncc(NC(=O)c3ccccc3[N+](=O)[O-])cn2)c(C)c1C. The molecule has 0 bridgehead atoms. The van der Waals surface area contributed by atoms with Gasteiger partial charge in [-0.2, -0.15) is 5.10 Å². The van der Waals surface area contributed by atoms with Crippen molar-refractivity contribution in [2.45, 2.75) is 20.8 Å².